The van der Waals surface area contributed by atoms with E-state index in [2.05, 4.69) is 12.2 Å². The predicted molar refractivity (Wildman–Crippen MR) is 91.8 cm³/mol. The van der Waals surface area contributed by atoms with Crippen LogP contribution >= 0.6 is 22.7 Å². The molecule has 2 aromatic rings. The van der Waals surface area contributed by atoms with Gasteiger partial charge in [-0.15, -0.1) is 22.7 Å². The van der Waals surface area contributed by atoms with Crippen molar-refractivity contribution in [2.45, 2.75) is 26.2 Å². The fraction of sp³-hybridized carbons (Fsp3) is 0.294. The number of anilines is 1. The van der Waals surface area contributed by atoms with Gasteiger partial charge in [-0.3, -0.25) is 4.79 Å². The van der Waals surface area contributed by atoms with Crippen molar-refractivity contribution in [2.75, 3.05) is 5.32 Å². The Hall–Kier alpha value is -1.92. The van der Waals surface area contributed by atoms with E-state index in [1.54, 1.807) is 6.08 Å². The minimum Gasteiger partial charge on any atom is -0.545 e. The lowest BCUT2D eigenvalue weighted by Crippen LogP contribution is -2.25. The van der Waals surface area contributed by atoms with Crippen LogP contribution in [0, 0.1) is 5.92 Å². The SMILES string of the molecule is C[C@@H]1CCc2c(sc(NC(=O)/C=C/c3cccs3)c2C(=O)[O-])C1. The molecule has 23 heavy (non-hydrogen) atoms. The Bertz CT molecular complexity index is 759. The van der Waals surface area contributed by atoms with E-state index in [0.717, 1.165) is 34.6 Å². The Morgan fingerprint density at radius 2 is 2.26 bits per heavy atom. The van der Waals surface area contributed by atoms with Gasteiger partial charge in [-0.25, -0.2) is 0 Å². The number of aromatic carboxylic acids is 1. The summed E-state index contributed by atoms with van der Waals surface area (Å²) >= 11 is 2.89. The van der Waals surface area contributed by atoms with Gasteiger partial charge in [-0.2, -0.15) is 0 Å². The molecule has 0 saturated carbocycles. The molecule has 2 aromatic heterocycles. The van der Waals surface area contributed by atoms with E-state index >= 15 is 0 Å². The number of nitrogens with one attached hydrogen (secondary N) is 1. The van der Waals surface area contributed by atoms with E-state index in [1.165, 1.54) is 28.7 Å². The zero-order chi connectivity index (χ0) is 16.4. The Morgan fingerprint density at radius 1 is 1.43 bits per heavy atom. The molecule has 1 aliphatic rings. The summed E-state index contributed by atoms with van der Waals surface area (Å²) in [4.78, 5) is 25.6. The van der Waals surface area contributed by atoms with Gasteiger partial charge in [0, 0.05) is 21.4 Å². The summed E-state index contributed by atoms with van der Waals surface area (Å²) in [7, 11) is 0. The Morgan fingerprint density at radius 3 is 2.96 bits per heavy atom. The first-order valence-electron chi connectivity index (χ1n) is 7.43. The van der Waals surface area contributed by atoms with Gasteiger partial charge in [-0.05, 0) is 48.3 Å². The predicted octanol–water partition coefficient (Wildman–Crippen LogP) is 2.95. The maximum absolute atomic E-state index is 12.1. The molecule has 0 aromatic carbocycles. The van der Waals surface area contributed by atoms with Crippen LogP contribution in [0.5, 0.6) is 0 Å². The van der Waals surface area contributed by atoms with E-state index < -0.39 is 5.97 Å². The standard InChI is InChI=1S/C17H17NO3S2/c1-10-4-6-12-13(9-10)23-16(15(12)17(20)21)18-14(19)7-5-11-3-2-8-22-11/h2-3,5,7-8,10H,4,6,9H2,1H3,(H,18,19)(H,20,21)/p-1/b7-5+/t10-/m1/s1. The summed E-state index contributed by atoms with van der Waals surface area (Å²) in [6.45, 7) is 2.16. The summed E-state index contributed by atoms with van der Waals surface area (Å²) in [5.41, 5.74) is 1.00. The molecule has 1 amide bonds. The average Bonchev–Trinajstić information content (AvgIpc) is 3.11. The maximum atomic E-state index is 12.1. The van der Waals surface area contributed by atoms with Crippen molar-refractivity contribution in [3.05, 3.63) is 44.5 Å². The van der Waals surface area contributed by atoms with Crippen LogP contribution in [0.1, 0.15) is 39.0 Å². The van der Waals surface area contributed by atoms with Crippen molar-refractivity contribution >= 4 is 45.6 Å². The lowest BCUT2D eigenvalue weighted by molar-refractivity contribution is -0.254. The first-order valence-corrected chi connectivity index (χ1v) is 9.12. The second-order valence-electron chi connectivity index (χ2n) is 5.68. The highest BCUT2D eigenvalue weighted by Gasteiger charge is 2.24. The molecule has 1 N–H and O–H groups in total. The van der Waals surface area contributed by atoms with E-state index in [-0.39, 0.29) is 11.5 Å². The molecule has 0 saturated heterocycles. The van der Waals surface area contributed by atoms with Crippen molar-refractivity contribution in [1.29, 1.82) is 0 Å². The summed E-state index contributed by atoms with van der Waals surface area (Å²) < 4.78 is 0. The molecule has 0 spiro atoms. The first kappa shape index (κ1) is 16.0. The number of hydrogen-bond donors (Lipinski definition) is 1. The van der Waals surface area contributed by atoms with Gasteiger partial charge >= 0.3 is 0 Å². The summed E-state index contributed by atoms with van der Waals surface area (Å²) in [5.74, 6) is -1.000. The van der Waals surface area contributed by atoms with Gasteiger partial charge in [-0.1, -0.05) is 13.0 Å². The smallest absolute Gasteiger partial charge is 0.249 e. The van der Waals surface area contributed by atoms with Crippen molar-refractivity contribution < 1.29 is 14.7 Å². The van der Waals surface area contributed by atoms with Crippen LogP contribution in [0.4, 0.5) is 5.00 Å². The zero-order valence-electron chi connectivity index (χ0n) is 12.6. The third-order valence-electron chi connectivity index (χ3n) is 3.89. The first-order chi connectivity index (χ1) is 11.0. The second-order valence-corrected chi connectivity index (χ2v) is 7.77. The molecule has 1 aliphatic carbocycles. The van der Waals surface area contributed by atoms with Crippen molar-refractivity contribution in [3.8, 4) is 0 Å². The zero-order valence-corrected chi connectivity index (χ0v) is 14.3. The van der Waals surface area contributed by atoms with Crippen LogP contribution in [0.15, 0.2) is 23.6 Å². The van der Waals surface area contributed by atoms with Crippen LogP contribution in [0.25, 0.3) is 6.08 Å². The molecule has 120 valence electrons. The number of carboxylic acids is 1. The molecule has 1 atom stereocenters. The molecular formula is C17H16NO3S2-. The molecule has 0 aliphatic heterocycles. The van der Waals surface area contributed by atoms with Gasteiger partial charge in [0.25, 0.3) is 0 Å². The molecule has 0 bridgehead atoms. The number of carboxylic acid groups (broad SMARTS) is 1. The average molecular weight is 346 g/mol. The molecule has 3 rings (SSSR count). The highest BCUT2D eigenvalue weighted by molar-refractivity contribution is 7.17. The summed E-state index contributed by atoms with van der Waals surface area (Å²) in [6, 6.07) is 3.82. The monoisotopic (exact) mass is 346 g/mol. The third-order valence-corrected chi connectivity index (χ3v) is 5.90. The number of thiophene rings is 2. The molecule has 0 radical (unpaired) electrons. The number of fused-ring (bicyclic) bond motifs is 1. The molecular weight excluding hydrogens is 330 g/mol. The normalized spacial score (nSPS) is 17.2. The number of amides is 1. The summed E-state index contributed by atoms with van der Waals surface area (Å²) in [6.07, 6.45) is 5.70. The van der Waals surface area contributed by atoms with Crippen LogP contribution in [-0.2, 0) is 17.6 Å². The van der Waals surface area contributed by atoms with Crippen LogP contribution in [-0.4, -0.2) is 11.9 Å². The Balaban J connectivity index is 1.82. The quantitative estimate of drug-likeness (QED) is 0.866. The minimum atomic E-state index is -1.21. The Labute approximate surface area is 142 Å². The maximum Gasteiger partial charge on any atom is 0.249 e. The highest BCUT2D eigenvalue weighted by atomic mass is 32.1. The van der Waals surface area contributed by atoms with E-state index in [9.17, 15) is 14.7 Å². The van der Waals surface area contributed by atoms with Crippen molar-refractivity contribution in [3.63, 3.8) is 0 Å². The van der Waals surface area contributed by atoms with Gasteiger partial charge in [0.15, 0.2) is 0 Å². The number of hydrogen-bond acceptors (Lipinski definition) is 5. The largest absolute Gasteiger partial charge is 0.545 e. The molecule has 0 unspecified atom stereocenters. The fourth-order valence-electron chi connectivity index (χ4n) is 2.75. The van der Waals surface area contributed by atoms with Gasteiger partial charge in [0.1, 0.15) is 5.00 Å². The topological polar surface area (TPSA) is 69.2 Å². The van der Waals surface area contributed by atoms with E-state index in [1.807, 2.05) is 17.5 Å². The lowest BCUT2D eigenvalue weighted by Gasteiger charge is -2.19. The Kier molecular flexibility index (Phi) is 4.63. The fourth-order valence-corrected chi connectivity index (χ4v) is 4.77. The van der Waals surface area contributed by atoms with E-state index in [0.29, 0.717) is 10.9 Å². The van der Waals surface area contributed by atoms with E-state index in [4.69, 9.17) is 0 Å². The van der Waals surface area contributed by atoms with Gasteiger partial charge in [0.05, 0.1) is 5.97 Å². The van der Waals surface area contributed by atoms with Crippen LogP contribution in [0.3, 0.4) is 0 Å². The van der Waals surface area contributed by atoms with Crippen LogP contribution in [0.2, 0.25) is 0 Å². The summed E-state index contributed by atoms with van der Waals surface area (Å²) in [5, 5.41) is 16.5. The minimum absolute atomic E-state index is 0.162. The van der Waals surface area contributed by atoms with Crippen molar-refractivity contribution in [2.24, 2.45) is 5.92 Å². The van der Waals surface area contributed by atoms with Gasteiger partial charge in [0.2, 0.25) is 5.91 Å². The number of carbonyl (C=O) groups is 2. The molecule has 4 nitrogen and oxygen atoms in total. The number of carbonyl (C=O) groups excluding carboxylic acids is 2. The molecule has 0 fully saturated rings. The second kappa shape index (κ2) is 6.68. The third kappa shape index (κ3) is 3.54. The molecule has 2 heterocycles. The van der Waals surface area contributed by atoms with Crippen LogP contribution < -0.4 is 10.4 Å². The highest BCUT2D eigenvalue weighted by Crippen LogP contribution is 2.39. The lowest BCUT2D eigenvalue weighted by atomic mass is 9.88. The van der Waals surface area contributed by atoms with Crippen molar-refractivity contribution in [1.82, 2.24) is 0 Å². The number of rotatable bonds is 4. The molecule has 6 heteroatoms. The van der Waals surface area contributed by atoms with Gasteiger partial charge < -0.3 is 15.2 Å².